The molecule has 7 nitrogen and oxygen atoms in total. The number of rotatable bonds is 7. The number of carbonyl (C=O) groups is 1. The van der Waals surface area contributed by atoms with Crippen LogP contribution in [0.2, 0.25) is 0 Å². The lowest BCUT2D eigenvalue weighted by atomic mass is 10.1. The zero-order valence-electron chi connectivity index (χ0n) is 16.2. The van der Waals surface area contributed by atoms with Gasteiger partial charge in [-0.3, -0.25) is 4.79 Å². The Morgan fingerprint density at radius 3 is 2.56 bits per heavy atom. The number of amides is 1. The third-order valence-electron chi connectivity index (χ3n) is 4.64. The monoisotopic (exact) mass is 369 g/mol. The highest BCUT2D eigenvalue weighted by atomic mass is 16.5. The van der Waals surface area contributed by atoms with Crippen molar-refractivity contribution < 1.29 is 9.53 Å². The molecule has 0 atom stereocenters. The molecule has 2 aromatic rings. The topological polar surface area (TPSA) is 70.6 Å². The minimum atomic E-state index is -0.0496. The molecule has 0 spiro atoms. The second-order valence-corrected chi connectivity index (χ2v) is 6.89. The zero-order valence-corrected chi connectivity index (χ0v) is 16.2. The van der Waals surface area contributed by atoms with Gasteiger partial charge in [0.15, 0.2) is 5.82 Å². The molecule has 1 amide bonds. The first-order chi connectivity index (χ1) is 13.1. The van der Waals surface area contributed by atoms with Crippen LogP contribution < -0.4 is 19.9 Å². The van der Waals surface area contributed by atoms with Crippen molar-refractivity contribution >= 4 is 23.4 Å². The van der Waals surface area contributed by atoms with Gasteiger partial charge < -0.3 is 19.9 Å². The van der Waals surface area contributed by atoms with Crippen LogP contribution in [0.3, 0.4) is 0 Å². The van der Waals surface area contributed by atoms with E-state index >= 15 is 0 Å². The molecule has 2 heterocycles. The summed E-state index contributed by atoms with van der Waals surface area (Å²) in [6.07, 6.45) is 5.11. The van der Waals surface area contributed by atoms with Gasteiger partial charge in [-0.25, -0.2) is 4.98 Å². The molecule has 0 unspecified atom stereocenters. The first-order valence-corrected chi connectivity index (χ1v) is 9.29. The highest BCUT2D eigenvalue weighted by Crippen LogP contribution is 2.25. The number of nitrogens with zero attached hydrogens (tertiary/aromatic N) is 4. The van der Waals surface area contributed by atoms with Gasteiger partial charge in [-0.15, -0.1) is 0 Å². The summed E-state index contributed by atoms with van der Waals surface area (Å²) in [6.45, 7) is 1.97. The lowest BCUT2D eigenvalue weighted by Crippen LogP contribution is -2.23. The minimum absolute atomic E-state index is 0.0496. The molecule has 0 radical (unpaired) electrons. The smallest absolute Gasteiger partial charge is 0.227 e. The van der Waals surface area contributed by atoms with Crippen LogP contribution in [0.15, 0.2) is 30.5 Å². The van der Waals surface area contributed by atoms with Crippen molar-refractivity contribution in [1.29, 1.82) is 0 Å². The maximum absolute atomic E-state index is 12.4. The Kier molecular flexibility index (Phi) is 6.11. The summed E-state index contributed by atoms with van der Waals surface area (Å²) < 4.78 is 5.15. The van der Waals surface area contributed by atoms with Gasteiger partial charge in [-0.1, -0.05) is 12.1 Å². The summed E-state index contributed by atoms with van der Waals surface area (Å²) in [5, 5.41) is 2.95. The maximum atomic E-state index is 12.4. The fourth-order valence-corrected chi connectivity index (χ4v) is 3.13. The number of aryl methyl sites for hydroxylation is 1. The van der Waals surface area contributed by atoms with Crippen LogP contribution in [0.4, 0.5) is 17.5 Å². The van der Waals surface area contributed by atoms with Gasteiger partial charge in [0.25, 0.3) is 0 Å². The van der Waals surface area contributed by atoms with Gasteiger partial charge in [-0.05, 0) is 37.0 Å². The number of methoxy groups -OCH3 is 1. The number of benzene rings is 1. The van der Waals surface area contributed by atoms with E-state index in [4.69, 9.17) is 4.74 Å². The molecule has 27 heavy (non-hydrogen) atoms. The van der Waals surface area contributed by atoms with E-state index < -0.39 is 0 Å². The maximum Gasteiger partial charge on any atom is 0.227 e. The van der Waals surface area contributed by atoms with Crippen LogP contribution >= 0.6 is 0 Å². The standard InChI is InChI=1S/C20H27N5O2/c1-24(2)19-17(14-21-20(23-19)25-12-4-5-13-25)22-18(26)11-8-15-6-9-16(27-3)10-7-15/h6-7,9-10,14H,4-5,8,11-13H2,1-3H3,(H,22,26). The highest BCUT2D eigenvalue weighted by molar-refractivity contribution is 5.93. The van der Waals surface area contributed by atoms with Gasteiger partial charge in [0.2, 0.25) is 11.9 Å². The van der Waals surface area contributed by atoms with E-state index in [1.165, 1.54) is 12.8 Å². The largest absolute Gasteiger partial charge is 0.497 e. The lowest BCUT2D eigenvalue weighted by molar-refractivity contribution is -0.116. The van der Waals surface area contributed by atoms with E-state index in [1.54, 1.807) is 13.3 Å². The van der Waals surface area contributed by atoms with Crippen LogP contribution in [0.1, 0.15) is 24.8 Å². The van der Waals surface area contributed by atoms with Crippen molar-refractivity contribution in [1.82, 2.24) is 9.97 Å². The summed E-state index contributed by atoms with van der Waals surface area (Å²) in [7, 11) is 5.48. The van der Waals surface area contributed by atoms with Crippen molar-refractivity contribution in [3.8, 4) is 5.75 Å². The number of nitrogens with one attached hydrogen (secondary N) is 1. The summed E-state index contributed by atoms with van der Waals surface area (Å²) in [5.41, 5.74) is 1.74. The molecule has 1 fully saturated rings. The molecule has 0 saturated carbocycles. The Hall–Kier alpha value is -2.83. The van der Waals surface area contributed by atoms with E-state index in [0.29, 0.717) is 18.5 Å². The number of anilines is 3. The lowest BCUT2D eigenvalue weighted by Gasteiger charge is -2.21. The van der Waals surface area contributed by atoms with Gasteiger partial charge >= 0.3 is 0 Å². The van der Waals surface area contributed by atoms with Gasteiger partial charge in [0.05, 0.1) is 13.3 Å². The predicted molar refractivity (Wildman–Crippen MR) is 108 cm³/mol. The van der Waals surface area contributed by atoms with Crippen molar-refractivity contribution in [3.63, 3.8) is 0 Å². The van der Waals surface area contributed by atoms with E-state index in [0.717, 1.165) is 36.2 Å². The van der Waals surface area contributed by atoms with Crippen molar-refractivity contribution in [2.45, 2.75) is 25.7 Å². The molecule has 1 aliphatic heterocycles. The van der Waals surface area contributed by atoms with Crippen LogP contribution in [0, 0.1) is 0 Å². The molecule has 1 aromatic heterocycles. The average Bonchev–Trinajstić information content (AvgIpc) is 3.21. The van der Waals surface area contributed by atoms with Crippen molar-refractivity contribution in [2.75, 3.05) is 49.4 Å². The van der Waals surface area contributed by atoms with E-state index in [2.05, 4.69) is 20.2 Å². The van der Waals surface area contributed by atoms with Crippen LogP contribution in [-0.4, -0.2) is 50.2 Å². The Labute approximate surface area is 160 Å². The fourth-order valence-electron chi connectivity index (χ4n) is 3.13. The third-order valence-corrected chi connectivity index (χ3v) is 4.64. The molecule has 0 aliphatic carbocycles. The first-order valence-electron chi connectivity index (χ1n) is 9.29. The molecular weight excluding hydrogens is 342 g/mol. The molecule has 1 aromatic carbocycles. The Bertz CT molecular complexity index is 770. The Morgan fingerprint density at radius 1 is 1.22 bits per heavy atom. The molecule has 144 valence electrons. The molecule has 1 aliphatic rings. The number of carbonyl (C=O) groups excluding carboxylic acids is 1. The average molecular weight is 369 g/mol. The predicted octanol–water partition coefficient (Wildman–Crippen LogP) is 2.72. The quantitative estimate of drug-likeness (QED) is 0.809. The minimum Gasteiger partial charge on any atom is -0.497 e. The Morgan fingerprint density at radius 2 is 1.93 bits per heavy atom. The number of aromatic nitrogens is 2. The SMILES string of the molecule is COc1ccc(CCC(=O)Nc2cnc(N3CCCC3)nc2N(C)C)cc1. The second kappa shape index (κ2) is 8.70. The molecule has 3 rings (SSSR count). The van der Waals surface area contributed by atoms with Crippen molar-refractivity contribution in [2.24, 2.45) is 0 Å². The van der Waals surface area contributed by atoms with Crippen LogP contribution in [-0.2, 0) is 11.2 Å². The van der Waals surface area contributed by atoms with Crippen LogP contribution in [0.5, 0.6) is 5.75 Å². The third kappa shape index (κ3) is 4.87. The number of ether oxygens (including phenoxy) is 1. The number of hydrogen-bond donors (Lipinski definition) is 1. The molecule has 0 bridgehead atoms. The summed E-state index contributed by atoms with van der Waals surface area (Å²) in [5.74, 6) is 2.22. The fraction of sp³-hybridized carbons (Fsp3) is 0.450. The first kappa shape index (κ1) is 18.9. The molecule has 7 heteroatoms. The molecule has 1 N–H and O–H groups in total. The van der Waals surface area contributed by atoms with Gasteiger partial charge in [0.1, 0.15) is 11.4 Å². The highest BCUT2D eigenvalue weighted by Gasteiger charge is 2.18. The van der Waals surface area contributed by atoms with E-state index in [1.807, 2.05) is 43.3 Å². The van der Waals surface area contributed by atoms with E-state index in [9.17, 15) is 4.79 Å². The van der Waals surface area contributed by atoms with Crippen molar-refractivity contribution in [3.05, 3.63) is 36.0 Å². The Balaban J connectivity index is 1.63. The molecule has 1 saturated heterocycles. The molecular formula is C20H27N5O2. The van der Waals surface area contributed by atoms with Gasteiger partial charge in [0, 0.05) is 33.6 Å². The summed E-state index contributed by atoms with van der Waals surface area (Å²) in [6, 6.07) is 7.77. The second-order valence-electron chi connectivity index (χ2n) is 6.89. The summed E-state index contributed by atoms with van der Waals surface area (Å²) in [4.78, 5) is 25.6. The van der Waals surface area contributed by atoms with Gasteiger partial charge in [-0.2, -0.15) is 4.98 Å². The zero-order chi connectivity index (χ0) is 19.2. The normalized spacial score (nSPS) is 13.5. The summed E-state index contributed by atoms with van der Waals surface area (Å²) >= 11 is 0. The van der Waals surface area contributed by atoms with E-state index in [-0.39, 0.29) is 5.91 Å². The van der Waals surface area contributed by atoms with Crippen LogP contribution in [0.25, 0.3) is 0 Å². The number of hydrogen-bond acceptors (Lipinski definition) is 6.